The van der Waals surface area contributed by atoms with E-state index in [9.17, 15) is 0 Å². The van der Waals surface area contributed by atoms with Crippen molar-refractivity contribution in [3.8, 4) is 0 Å². The average Bonchev–Trinajstić information content (AvgIpc) is 3.13. The van der Waals surface area contributed by atoms with Gasteiger partial charge in [-0.15, -0.1) is 0 Å². The van der Waals surface area contributed by atoms with Crippen LogP contribution in [0.5, 0.6) is 0 Å². The molecule has 5 nitrogen and oxygen atoms in total. The van der Waals surface area contributed by atoms with E-state index in [0.717, 1.165) is 57.4 Å². The molecule has 0 aliphatic carbocycles. The van der Waals surface area contributed by atoms with Crippen molar-refractivity contribution in [1.82, 2.24) is 15.1 Å². The quantitative estimate of drug-likeness (QED) is 0.671. The van der Waals surface area contributed by atoms with Crippen LogP contribution in [0, 0.1) is 6.92 Å². The highest BCUT2D eigenvalue weighted by molar-refractivity contribution is 5.80. The fourth-order valence-electron chi connectivity index (χ4n) is 3.27. The molecule has 1 aromatic carbocycles. The zero-order valence-electron chi connectivity index (χ0n) is 15.2. The molecular weight excluding hydrogens is 312 g/mol. The summed E-state index contributed by atoms with van der Waals surface area (Å²) in [5.41, 5.74) is 2.73. The van der Waals surface area contributed by atoms with Crippen molar-refractivity contribution in [2.24, 2.45) is 4.99 Å². The van der Waals surface area contributed by atoms with Gasteiger partial charge in [0.2, 0.25) is 0 Å². The lowest BCUT2D eigenvalue weighted by molar-refractivity contribution is 0.172. The number of furan rings is 1. The molecule has 1 fully saturated rings. The molecule has 0 bridgehead atoms. The van der Waals surface area contributed by atoms with E-state index in [0.29, 0.717) is 0 Å². The van der Waals surface area contributed by atoms with Gasteiger partial charge < -0.3 is 14.6 Å². The van der Waals surface area contributed by atoms with Crippen LogP contribution in [0.4, 0.5) is 0 Å². The summed E-state index contributed by atoms with van der Waals surface area (Å²) in [6.45, 7) is 8.15. The molecule has 0 radical (unpaired) electrons. The van der Waals surface area contributed by atoms with Gasteiger partial charge in [-0.2, -0.15) is 0 Å². The predicted molar refractivity (Wildman–Crippen MR) is 102 cm³/mol. The van der Waals surface area contributed by atoms with Gasteiger partial charge in [0.1, 0.15) is 5.76 Å². The first-order valence-electron chi connectivity index (χ1n) is 9.00. The predicted octanol–water partition coefficient (Wildman–Crippen LogP) is 2.52. The fourth-order valence-corrected chi connectivity index (χ4v) is 3.27. The summed E-state index contributed by atoms with van der Waals surface area (Å²) in [5.74, 6) is 1.99. The van der Waals surface area contributed by atoms with Crippen LogP contribution in [0.15, 0.2) is 52.1 Å². The highest BCUT2D eigenvalue weighted by atomic mass is 16.3. The number of nitrogens with one attached hydrogen (secondary N) is 1. The third-order valence-electron chi connectivity index (χ3n) is 4.61. The topological polar surface area (TPSA) is 44.0 Å². The minimum atomic E-state index is 0.837. The molecule has 2 heterocycles. The van der Waals surface area contributed by atoms with E-state index in [1.807, 2.05) is 19.2 Å². The van der Waals surface area contributed by atoms with Crippen molar-refractivity contribution in [1.29, 1.82) is 0 Å². The summed E-state index contributed by atoms with van der Waals surface area (Å²) in [6, 6.07) is 12.7. The number of hydrogen-bond acceptors (Lipinski definition) is 3. The van der Waals surface area contributed by atoms with Crippen molar-refractivity contribution >= 4 is 5.96 Å². The first-order valence-corrected chi connectivity index (χ1v) is 9.00. The van der Waals surface area contributed by atoms with Crippen molar-refractivity contribution < 1.29 is 4.42 Å². The molecule has 1 saturated heterocycles. The number of benzene rings is 1. The van der Waals surface area contributed by atoms with Crippen LogP contribution < -0.4 is 5.32 Å². The molecule has 1 aromatic heterocycles. The number of rotatable bonds is 5. The molecule has 1 aliphatic heterocycles. The maximum atomic E-state index is 5.37. The van der Waals surface area contributed by atoms with E-state index in [4.69, 9.17) is 4.42 Å². The maximum absolute atomic E-state index is 5.37. The lowest BCUT2D eigenvalue weighted by Crippen LogP contribution is -2.52. The van der Waals surface area contributed by atoms with Crippen molar-refractivity contribution in [2.45, 2.75) is 19.9 Å². The first-order chi connectivity index (χ1) is 12.2. The Kier molecular flexibility index (Phi) is 6.12. The molecule has 5 heteroatoms. The van der Waals surface area contributed by atoms with Crippen molar-refractivity contribution in [3.63, 3.8) is 0 Å². The maximum Gasteiger partial charge on any atom is 0.193 e. The summed E-state index contributed by atoms with van der Waals surface area (Å²) < 4.78 is 5.37. The van der Waals surface area contributed by atoms with E-state index in [-0.39, 0.29) is 0 Å². The summed E-state index contributed by atoms with van der Waals surface area (Å²) in [7, 11) is 1.86. The Morgan fingerprint density at radius 3 is 2.68 bits per heavy atom. The Morgan fingerprint density at radius 1 is 1.16 bits per heavy atom. The smallest absolute Gasteiger partial charge is 0.193 e. The highest BCUT2D eigenvalue weighted by Crippen LogP contribution is 2.10. The summed E-state index contributed by atoms with van der Waals surface area (Å²) >= 11 is 0. The zero-order valence-corrected chi connectivity index (χ0v) is 15.2. The summed E-state index contributed by atoms with van der Waals surface area (Å²) in [5, 5.41) is 3.45. The fraction of sp³-hybridized carbons (Fsp3) is 0.450. The van der Waals surface area contributed by atoms with Crippen molar-refractivity contribution in [2.75, 3.05) is 39.8 Å². The minimum Gasteiger partial charge on any atom is -0.469 e. The molecule has 134 valence electrons. The number of aryl methyl sites for hydroxylation is 1. The molecule has 0 atom stereocenters. The van der Waals surface area contributed by atoms with E-state index in [1.165, 1.54) is 11.1 Å². The molecule has 1 N–H and O–H groups in total. The van der Waals surface area contributed by atoms with E-state index < -0.39 is 0 Å². The molecule has 0 amide bonds. The molecule has 3 rings (SSSR count). The third kappa shape index (κ3) is 5.10. The molecule has 0 saturated carbocycles. The van der Waals surface area contributed by atoms with E-state index in [2.05, 4.69) is 51.3 Å². The van der Waals surface area contributed by atoms with E-state index >= 15 is 0 Å². The SMILES string of the molecule is CN=C(NCCc1ccco1)N1CCN(Cc2cccc(C)c2)CC1. The number of hydrogen-bond donors (Lipinski definition) is 1. The third-order valence-corrected chi connectivity index (χ3v) is 4.61. The summed E-state index contributed by atoms with van der Waals surface area (Å²) in [4.78, 5) is 9.29. The zero-order chi connectivity index (χ0) is 17.5. The number of guanidine groups is 1. The number of piperazine rings is 1. The monoisotopic (exact) mass is 340 g/mol. The average molecular weight is 340 g/mol. The van der Waals surface area contributed by atoms with Gasteiger partial charge in [0.15, 0.2) is 5.96 Å². The van der Waals surface area contributed by atoms with Gasteiger partial charge in [-0.1, -0.05) is 29.8 Å². The van der Waals surface area contributed by atoms with E-state index in [1.54, 1.807) is 6.26 Å². The van der Waals surface area contributed by atoms with Crippen LogP contribution >= 0.6 is 0 Å². The summed E-state index contributed by atoms with van der Waals surface area (Å²) in [6.07, 6.45) is 2.59. The number of nitrogens with zero attached hydrogens (tertiary/aromatic N) is 3. The van der Waals surface area contributed by atoms with Gasteiger partial charge in [-0.05, 0) is 24.6 Å². The second-order valence-corrected chi connectivity index (χ2v) is 6.56. The van der Waals surface area contributed by atoms with Gasteiger partial charge in [-0.3, -0.25) is 9.89 Å². The second-order valence-electron chi connectivity index (χ2n) is 6.56. The standard InChI is InChI=1S/C20H28N4O/c1-17-5-3-6-18(15-17)16-23-10-12-24(13-11-23)20(21-2)22-9-8-19-7-4-14-25-19/h3-7,14-15H,8-13,16H2,1-2H3,(H,21,22). The Balaban J connectivity index is 1.43. The Bertz CT molecular complexity index is 673. The van der Waals surface area contributed by atoms with Crippen LogP contribution in [0.3, 0.4) is 0 Å². The molecule has 1 aliphatic rings. The normalized spacial score (nSPS) is 16.2. The van der Waals surface area contributed by atoms with Crippen LogP contribution in [0.2, 0.25) is 0 Å². The Morgan fingerprint density at radius 2 is 2.00 bits per heavy atom. The second kappa shape index (κ2) is 8.72. The van der Waals surface area contributed by atoms with Crippen LogP contribution in [0.1, 0.15) is 16.9 Å². The molecule has 0 spiro atoms. The van der Waals surface area contributed by atoms with Gasteiger partial charge in [0.25, 0.3) is 0 Å². The molecule has 0 unspecified atom stereocenters. The molecule has 2 aromatic rings. The van der Waals surface area contributed by atoms with Gasteiger partial charge in [0.05, 0.1) is 6.26 Å². The Hall–Kier alpha value is -2.27. The highest BCUT2D eigenvalue weighted by Gasteiger charge is 2.19. The van der Waals surface area contributed by atoms with Crippen LogP contribution in [-0.4, -0.2) is 55.5 Å². The largest absolute Gasteiger partial charge is 0.469 e. The first kappa shape index (κ1) is 17.5. The molecule has 25 heavy (non-hydrogen) atoms. The Labute approximate surface area is 150 Å². The molecular formula is C20H28N4O. The van der Waals surface area contributed by atoms with Gasteiger partial charge in [-0.25, -0.2) is 0 Å². The number of aliphatic imine (C=N–C) groups is 1. The van der Waals surface area contributed by atoms with Gasteiger partial charge >= 0.3 is 0 Å². The van der Waals surface area contributed by atoms with Crippen LogP contribution in [0.25, 0.3) is 0 Å². The minimum absolute atomic E-state index is 0.837. The lowest BCUT2D eigenvalue weighted by Gasteiger charge is -2.36. The van der Waals surface area contributed by atoms with Gasteiger partial charge in [0, 0.05) is 52.7 Å². The lowest BCUT2D eigenvalue weighted by atomic mass is 10.1. The van der Waals surface area contributed by atoms with Crippen LogP contribution in [-0.2, 0) is 13.0 Å². The van der Waals surface area contributed by atoms with Crippen molar-refractivity contribution in [3.05, 3.63) is 59.5 Å².